The lowest BCUT2D eigenvalue weighted by Crippen LogP contribution is -2.15. The van der Waals surface area contributed by atoms with Crippen molar-refractivity contribution >= 4 is 7.12 Å². The highest BCUT2D eigenvalue weighted by molar-refractivity contribution is 6.40. The zero-order valence-electron chi connectivity index (χ0n) is 6.79. The molecule has 0 amide bonds. The van der Waals surface area contributed by atoms with Crippen LogP contribution < -0.4 is 0 Å². The molecule has 0 atom stereocenters. The summed E-state index contributed by atoms with van der Waals surface area (Å²) in [4.78, 5) is 0. The molecule has 4 heteroatoms. The van der Waals surface area contributed by atoms with Crippen LogP contribution in [0, 0.1) is 12.7 Å². The predicted octanol–water partition coefficient (Wildman–Crippen LogP) is 0.689. The molecule has 0 aliphatic heterocycles. The van der Waals surface area contributed by atoms with Gasteiger partial charge in [0.15, 0.2) is 0 Å². The molecule has 0 aromatic heterocycles. The first-order valence-electron chi connectivity index (χ1n) is 3.71. The van der Waals surface area contributed by atoms with Crippen molar-refractivity contribution in [3.05, 3.63) is 35.1 Å². The van der Waals surface area contributed by atoms with Crippen LogP contribution in [0.5, 0.6) is 0 Å². The lowest BCUT2D eigenvalue weighted by atomic mass is 9.80. The number of halogens is 1. The highest BCUT2D eigenvalue weighted by atomic mass is 19.1. The SMILES string of the molecule is Cc1cc(F)ccc1CB(O)O. The molecule has 1 aromatic rings. The van der Waals surface area contributed by atoms with E-state index in [1.807, 2.05) is 0 Å². The first kappa shape index (κ1) is 9.22. The average Bonchev–Trinajstić information content (AvgIpc) is 1.94. The zero-order valence-corrected chi connectivity index (χ0v) is 6.79. The van der Waals surface area contributed by atoms with E-state index in [1.165, 1.54) is 12.1 Å². The fraction of sp³-hybridized carbons (Fsp3) is 0.250. The van der Waals surface area contributed by atoms with E-state index in [0.29, 0.717) is 0 Å². The summed E-state index contributed by atoms with van der Waals surface area (Å²) in [6.45, 7) is 1.74. The Labute approximate surface area is 70.8 Å². The molecule has 0 radical (unpaired) electrons. The topological polar surface area (TPSA) is 40.5 Å². The molecule has 0 aliphatic carbocycles. The third-order valence-electron chi connectivity index (χ3n) is 1.71. The van der Waals surface area contributed by atoms with Gasteiger partial charge in [-0.05, 0) is 30.2 Å². The quantitative estimate of drug-likeness (QED) is 0.637. The van der Waals surface area contributed by atoms with Gasteiger partial charge in [-0.2, -0.15) is 0 Å². The molecular weight excluding hydrogens is 158 g/mol. The predicted molar refractivity (Wildman–Crippen MR) is 45.0 cm³/mol. The second kappa shape index (κ2) is 3.69. The van der Waals surface area contributed by atoms with Crippen molar-refractivity contribution in [1.29, 1.82) is 0 Å². The molecule has 0 fully saturated rings. The van der Waals surface area contributed by atoms with Gasteiger partial charge in [0.25, 0.3) is 0 Å². The van der Waals surface area contributed by atoms with Crippen LogP contribution in [-0.2, 0) is 6.32 Å². The maximum Gasteiger partial charge on any atom is 0.456 e. The van der Waals surface area contributed by atoms with E-state index in [4.69, 9.17) is 10.0 Å². The van der Waals surface area contributed by atoms with E-state index >= 15 is 0 Å². The zero-order chi connectivity index (χ0) is 9.14. The first-order chi connectivity index (χ1) is 5.59. The van der Waals surface area contributed by atoms with Crippen LogP contribution in [0.2, 0.25) is 0 Å². The standard InChI is InChI=1S/C8H10BFO2/c1-6-4-8(10)3-2-7(6)5-9(11)12/h2-4,11-12H,5H2,1H3. The third-order valence-corrected chi connectivity index (χ3v) is 1.71. The van der Waals surface area contributed by atoms with Crippen molar-refractivity contribution in [3.63, 3.8) is 0 Å². The molecular formula is C8H10BFO2. The third kappa shape index (κ3) is 2.32. The summed E-state index contributed by atoms with van der Waals surface area (Å²) in [6.07, 6.45) is 0.145. The molecule has 64 valence electrons. The van der Waals surface area contributed by atoms with Crippen molar-refractivity contribution in [1.82, 2.24) is 0 Å². The maximum absolute atomic E-state index is 12.6. The van der Waals surface area contributed by atoms with Crippen molar-refractivity contribution in [2.75, 3.05) is 0 Å². The molecule has 0 aliphatic rings. The lowest BCUT2D eigenvalue weighted by Gasteiger charge is -2.03. The van der Waals surface area contributed by atoms with Crippen LogP contribution in [0.1, 0.15) is 11.1 Å². The van der Waals surface area contributed by atoms with E-state index in [-0.39, 0.29) is 12.1 Å². The van der Waals surface area contributed by atoms with Crippen molar-refractivity contribution in [2.45, 2.75) is 13.2 Å². The van der Waals surface area contributed by atoms with Crippen LogP contribution in [0.25, 0.3) is 0 Å². The number of benzene rings is 1. The summed E-state index contributed by atoms with van der Waals surface area (Å²) in [5, 5.41) is 17.3. The van der Waals surface area contributed by atoms with Crippen LogP contribution in [-0.4, -0.2) is 17.2 Å². The molecule has 2 nitrogen and oxygen atoms in total. The summed E-state index contributed by atoms with van der Waals surface area (Å²) < 4.78 is 12.6. The second-order valence-electron chi connectivity index (χ2n) is 2.76. The van der Waals surface area contributed by atoms with E-state index in [0.717, 1.165) is 11.1 Å². The number of rotatable bonds is 2. The Kier molecular flexibility index (Phi) is 2.84. The Bertz CT molecular complexity index is 276. The van der Waals surface area contributed by atoms with Gasteiger partial charge in [0.05, 0.1) is 0 Å². The minimum atomic E-state index is -1.37. The fourth-order valence-corrected chi connectivity index (χ4v) is 1.09. The largest absolute Gasteiger partial charge is 0.456 e. The molecule has 12 heavy (non-hydrogen) atoms. The van der Waals surface area contributed by atoms with Crippen LogP contribution in [0.3, 0.4) is 0 Å². The molecule has 0 heterocycles. The number of hydrogen-bond acceptors (Lipinski definition) is 2. The van der Waals surface area contributed by atoms with E-state index in [1.54, 1.807) is 13.0 Å². The van der Waals surface area contributed by atoms with Crippen molar-refractivity contribution in [3.8, 4) is 0 Å². The Morgan fingerprint density at radius 2 is 2.08 bits per heavy atom. The molecule has 1 aromatic carbocycles. The van der Waals surface area contributed by atoms with Gasteiger partial charge >= 0.3 is 7.12 Å². The maximum atomic E-state index is 12.6. The molecule has 0 saturated heterocycles. The summed E-state index contributed by atoms with van der Waals surface area (Å²) in [6, 6.07) is 4.24. The minimum absolute atomic E-state index is 0.145. The van der Waals surface area contributed by atoms with Gasteiger partial charge in [0, 0.05) is 6.32 Å². The summed E-state index contributed by atoms with van der Waals surface area (Å²) in [7, 11) is -1.37. The molecule has 0 spiro atoms. The first-order valence-corrected chi connectivity index (χ1v) is 3.71. The van der Waals surface area contributed by atoms with Gasteiger partial charge in [-0.1, -0.05) is 6.07 Å². The Morgan fingerprint density at radius 3 is 2.58 bits per heavy atom. The highest BCUT2D eigenvalue weighted by Crippen LogP contribution is 2.10. The Balaban J connectivity index is 2.86. The Hall–Kier alpha value is -0.865. The van der Waals surface area contributed by atoms with Crippen LogP contribution in [0.4, 0.5) is 4.39 Å². The summed E-state index contributed by atoms with van der Waals surface area (Å²) >= 11 is 0. The Morgan fingerprint density at radius 1 is 1.42 bits per heavy atom. The van der Waals surface area contributed by atoms with Crippen LogP contribution >= 0.6 is 0 Å². The molecule has 1 rings (SSSR count). The van der Waals surface area contributed by atoms with Crippen molar-refractivity contribution in [2.24, 2.45) is 0 Å². The monoisotopic (exact) mass is 168 g/mol. The van der Waals surface area contributed by atoms with E-state index in [2.05, 4.69) is 0 Å². The van der Waals surface area contributed by atoms with Gasteiger partial charge in [-0.15, -0.1) is 0 Å². The second-order valence-corrected chi connectivity index (χ2v) is 2.76. The number of hydrogen-bond donors (Lipinski definition) is 2. The minimum Gasteiger partial charge on any atom is -0.427 e. The van der Waals surface area contributed by atoms with Gasteiger partial charge in [-0.25, -0.2) is 4.39 Å². The lowest BCUT2D eigenvalue weighted by molar-refractivity contribution is 0.405. The van der Waals surface area contributed by atoms with Gasteiger partial charge in [0.1, 0.15) is 5.82 Å². The van der Waals surface area contributed by atoms with E-state index in [9.17, 15) is 4.39 Å². The molecule has 0 saturated carbocycles. The fourth-order valence-electron chi connectivity index (χ4n) is 1.09. The summed E-state index contributed by atoms with van der Waals surface area (Å²) in [5.74, 6) is -0.302. The number of aryl methyl sites for hydroxylation is 1. The molecule has 0 unspecified atom stereocenters. The van der Waals surface area contributed by atoms with Gasteiger partial charge < -0.3 is 10.0 Å². The highest BCUT2D eigenvalue weighted by Gasteiger charge is 2.09. The smallest absolute Gasteiger partial charge is 0.427 e. The van der Waals surface area contributed by atoms with Gasteiger partial charge in [-0.3, -0.25) is 0 Å². The van der Waals surface area contributed by atoms with Crippen molar-refractivity contribution < 1.29 is 14.4 Å². The normalized spacial score (nSPS) is 10.0. The summed E-state index contributed by atoms with van der Waals surface area (Å²) in [5.41, 5.74) is 1.49. The molecule has 2 N–H and O–H groups in total. The van der Waals surface area contributed by atoms with Crippen LogP contribution in [0.15, 0.2) is 18.2 Å². The molecule has 0 bridgehead atoms. The van der Waals surface area contributed by atoms with Gasteiger partial charge in [0.2, 0.25) is 0 Å². The van der Waals surface area contributed by atoms with E-state index < -0.39 is 7.12 Å². The average molecular weight is 168 g/mol.